The molecule has 12 heteroatoms. The van der Waals surface area contributed by atoms with Gasteiger partial charge in [-0.15, -0.1) is 0 Å². The van der Waals surface area contributed by atoms with Crippen LogP contribution < -0.4 is 25.4 Å². The maximum absolute atomic E-state index is 13.0. The summed E-state index contributed by atoms with van der Waals surface area (Å²) in [7, 11) is 0.865. The van der Waals surface area contributed by atoms with Crippen molar-refractivity contribution in [2.75, 3.05) is 51.3 Å². The predicted molar refractivity (Wildman–Crippen MR) is 144 cm³/mol. The molecule has 2 N–H and O–H groups in total. The van der Waals surface area contributed by atoms with E-state index in [2.05, 4.69) is 32.5 Å². The van der Waals surface area contributed by atoms with E-state index in [4.69, 9.17) is 21.1 Å². The summed E-state index contributed by atoms with van der Waals surface area (Å²) in [4.78, 5) is 11.1. The number of hydrogen-bond acceptors (Lipinski definition) is 8. The third-order valence-electron chi connectivity index (χ3n) is 5.89. The van der Waals surface area contributed by atoms with Gasteiger partial charge in [-0.1, -0.05) is 11.6 Å². The van der Waals surface area contributed by atoms with Crippen molar-refractivity contribution in [2.45, 2.75) is 19.4 Å². The average Bonchev–Trinajstić information content (AvgIpc) is 2.84. The molecule has 0 radical (unpaired) electrons. The van der Waals surface area contributed by atoms with Gasteiger partial charge < -0.3 is 29.6 Å². The smallest absolute Gasteiger partial charge is 0.272 e. The van der Waals surface area contributed by atoms with E-state index < -0.39 is 20.2 Å². The van der Waals surface area contributed by atoms with Gasteiger partial charge in [0, 0.05) is 18.4 Å². The Hall–Kier alpha value is -2.94. The lowest BCUT2D eigenvalue weighted by Crippen LogP contribution is -2.26. The fourth-order valence-corrected chi connectivity index (χ4v) is 5.36. The summed E-state index contributed by atoms with van der Waals surface area (Å²) in [5, 5.41) is 6.99. The summed E-state index contributed by atoms with van der Waals surface area (Å²) in [5.41, 5.74) is 3.64. The van der Waals surface area contributed by atoms with Crippen molar-refractivity contribution >= 4 is 47.2 Å². The Morgan fingerprint density at radius 1 is 1.16 bits per heavy atom. The van der Waals surface area contributed by atoms with Crippen molar-refractivity contribution < 1.29 is 22.8 Å². The Balaban J connectivity index is 1.62. The second-order valence-corrected chi connectivity index (χ2v) is 12.8. The number of nitrogens with one attached hydrogen (secondary N) is 2. The second-order valence-electron chi connectivity index (χ2n) is 9.18. The van der Waals surface area contributed by atoms with Crippen LogP contribution in [-0.2, 0) is 17.5 Å². The van der Waals surface area contributed by atoms with Gasteiger partial charge in [0.2, 0.25) is 5.95 Å². The normalized spacial score (nSPS) is 13.8. The van der Waals surface area contributed by atoms with Gasteiger partial charge in [0.15, 0.2) is 5.82 Å². The standard InChI is InChI=1S/C25H29ClF2N5O3P/c1-33-8-7-15-10-21(35-2)20(9-16(15)13-33)31-25-29-12-18(26)24(32-25)30-19-6-5-17(36-14-23(27)28)11-22(19)37(3,4)34/h5-6,9-12,23H,7-8,13-14H2,1-4H3,(H2,29,30,31,32). The van der Waals surface area contributed by atoms with Gasteiger partial charge in [-0.25, -0.2) is 13.8 Å². The third kappa shape index (κ3) is 6.69. The molecule has 37 heavy (non-hydrogen) atoms. The number of likely N-dealkylation sites (N-methyl/N-ethyl adjacent to an activating group) is 1. The quantitative estimate of drug-likeness (QED) is 0.337. The number of methoxy groups -OCH3 is 1. The van der Waals surface area contributed by atoms with Crippen molar-refractivity contribution in [2.24, 2.45) is 0 Å². The number of ether oxygens (including phenoxy) is 2. The number of aromatic nitrogens is 2. The van der Waals surface area contributed by atoms with E-state index >= 15 is 0 Å². The highest BCUT2D eigenvalue weighted by Gasteiger charge is 2.21. The number of benzene rings is 2. The molecule has 4 rings (SSSR count). The number of fused-ring (bicyclic) bond motifs is 1. The molecule has 0 saturated carbocycles. The van der Waals surface area contributed by atoms with Gasteiger partial charge in [0.25, 0.3) is 6.43 Å². The van der Waals surface area contributed by atoms with Gasteiger partial charge in [0.1, 0.15) is 30.3 Å². The number of alkyl halides is 2. The summed E-state index contributed by atoms with van der Waals surface area (Å²) < 4.78 is 48.8. The Bertz CT molecular complexity index is 1340. The molecule has 0 amide bonds. The average molecular weight is 552 g/mol. The molecule has 8 nitrogen and oxygen atoms in total. The molecule has 198 valence electrons. The van der Waals surface area contributed by atoms with Crippen LogP contribution in [0.1, 0.15) is 11.1 Å². The molecule has 0 fully saturated rings. The van der Waals surface area contributed by atoms with Crippen molar-refractivity contribution in [1.29, 1.82) is 0 Å². The van der Waals surface area contributed by atoms with Crippen LogP contribution in [0.25, 0.3) is 0 Å². The highest BCUT2D eigenvalue weighted by atomic mass is 35.5. The summed E-state index contributed by atoms with van der Waals surface area (Å²) in [6.07, 6.45) is -0.215. The molecular weight excluding hydrogens is 523 g/mol. The summed E-state index contributed by atoms with van der Waals surface area (Å²) in [6, 6.07) is 8.69. The van der Waals surface area contributed by atoms with E-state index in [0.717, 1.165) is 25.2 Å². The second kappa shape index (κ2) is 11.2. The van der Waals surface area contributed by atoms with Crippen LogP contribution >= 0.6 is 18.7 Å². The fraction of sp³-hybridized carbons (Fsp3) is 0.360. The molecule has 1 aliphatic heterocycles. The van der Waals surface area contributed by atoms with Crippen LogP contribution in [0.4, 0.5) is 31.9 Å². The summed E-state index contributed by atoms with van der Waals surface area (Å²) >= 11 is 6.38. The van der Waals surface area contributed by atoms with Crippen LogP contribution in [0, 0.1) is 0 Å². The minimum absolute atomic E-state index is 0.200. The maximum atomic E-state index is 13.0. The van der Waals surface area contributed by atoms with Gasteiger partial charge in [0.05, 0.1) is 24.7 Å². The van der Waals surface area contributed by atoms with Crippen LogP contribution in [0.3, 0.4) is 0 Å². The van der Waals surface area contributed by atoms with Crippen LogP contribution in [-0.4, -0.2) is 61.9 Å². The van der Waals surface area contributed by atoms with E-state index in [1.165, 1.54) is 29.5 Å². The van der Waals surface area contributed by atoms with Gasteiger partial charge in [-0.2, -0.15) is 4.98 Å². The van der Waals surface area contributed by atoms with Crippen LogP contribution in [0.2, 0.25) is 5.02 Å². The molecule has 0 spiro atoms. The minimum Gasteiger partial charge on any atom is -0.495 e. The lowest BCUT2D eigenvalue weighted by molar-refractivity contribution is 0.0819. The monoisotopic (exact) mass is 551 g/mol. The fourth-order valence-electron chi connectivity index (χ4n) is 4.07. The molecule has 2 aromatic carbocycles. The molecule has 0 unspecified atom stereocenters. The Morgan fingerprint density at radius 2 is 1.95 bits per heavy atom. The first-order valence-electron chi connectivity index (χ1n) is 11.6. The number of hydrogen-bond donors (Lipinski definition) is 2. The van der Waals surface area contributed by atoms with Crippen LogP contribution in [0.15, 0.2) is 36.5 Å². The first kappa shape index (κ1) is 27.1. The van der Waals surface area contributed by atoms with E-state index in [0.29, 0.717) is 16.7 Å². The summed E-state index contributed by atoms with van der Waals surface area (Å²) in [5.74, 6) is 1.44. The molecule has 3 aromatic rings. The van der Waals surface area contributed by atoms with Crippen molar-refractivity contribution in [3.05, 3.63) is 52.7 Å². The van der Waals surface area contributed by atoms with Gasteiger partial charge >= 0.3 is 0 Å². The largest absolute Gasteiger partial charge is 0.495 e. The zero-order valence-electron chi connectivity index (χ0n) is 21.0. The minimum atomic E-state index is -2.83. The zero-order valence-corrected chi connectivity index (χ0v) is 22.7. The zero-order chi connectivity index (χ0) is 26.7. The Kier molecular flexibility index (Phi) is 8.21. The molecule has 0 saturated heterocycles. The number of halogens is 3. The first-order chi connectivity index (χ1) is 17.5. The van der Waals surface area contributed by atoms with E-state index in [1.807, 2.05) is 12.1 Å². The predicted octanol–water partition coefficient (Wildman–Crippen LogP) is 5.51. The highest BCUT2D eigenvalue weighted by Crippen LogP contribution is 2.40. The topological polar surface area (TPSA) is 88.6 Å². The lowest BCUT2D eigenvalue weighted by Gasteiger charge is -2.26. The Morgan fingerprint density at radius 3 is 2.65 bits per heavy atom. The molecule has 0 aliphatic carbocycles. The van der Waals surface area contributed by atoms with Crippen molar-refractivity contribution in [1.82, 2.24) is 14.9 Å². The van der Waals surface area contributed by atoms with Crippen molar-refractivity contribution in [3.63, 3.8) is 0 Å². The molecular formula is C25H29ClF2N5O3P. The molecule has 0 bridgehead atoms. The van der Waals surface area contributed by atoms with Crippen molar-refractivity contribution in [3.8, 4) is 11.5 Å². The summed E-state index contributed by atoms with van der Waals surface area (Å²) in [6.45, 7) is 4.23. The molecule has 2 heterocycles. The highest BCUT2D eigenvalue weighted by molar-refractivity contribution is 7.70. The molecule has 0 atom stereocenters. The Labute approximate surface area is 219 Å². The first-order valence-corrected chi connectivity index (χ1v) is 14.6. The third-order valence-corrected chi connectivity index (χ3v) is 7.70. The van der Waals surface area contributed by atoms with Gasteiger partial charge in [-0.3, -0.25) is 0 Å². The molecule has 1 aromatic heterocycles. The van der Waals surface area contributed by atoms with E-state index in [1.54, 1.807) is 26.5 Å². The van der Waals surface area contributed by atoms with E-state index in [-0.39, 0.29) is 22.5 Å². The number of rotatable bonds is 9. The lowest BCUT2D eigenvalue weighted by atomic mass is 9.99. The van der Waals surface area contributed by atoms with Gasteiger partial charge in [-0.05, 0) is 68.3 Å². The molecule has 1 aliphatic rings. The SMILES string of the molecule is COc1cc2c(cc1Nc1ncc(Cl)c(Nc3ccc(OCC(F)F)cc3P(C)(C)=O)n1)CN(C)CC2. The van der Waals surface area contributed by atoms with E-state index in [9.17, 15) is 13.3 Å². The van der Waals surface area contributed by atoms with Crippen LogP contribution in [0.5, 0.6) is 11.5 Å². The maximum Gasteiger partial charge on any atom is 0.272 e. The number of anilines is 4. The number of nitrogens with zero attached hydrogens (tertiary/aromatic N) is 3.